The van der Waals surface area contributed by atoms with E-state index in [1.54, 1.807) is 18.4 Å². The molecule has 1 amide bonds. The van der Waals surface area contributed by atoms with E-state index in [9.17, 15) is 4.79 Å². The van der Waals surface area contributed by atoms with E-state index >= 15 is 0 Å². The third-order valence-corrected chi connectivity index (χ3v) is 3.55. The molecule has 0 radical (unpaired) electrons. The molecule has 0 aliphatic carbocycles. The van der Waals surface area contributed by atoms with E-state index in [1.807, 2.05) is 24.3 Å². The third kappa shape index (κ3) is 3.34. The minimum Gasteiger partial charge on any atom is -0.465 e. The maximum absolute atomic E-state index is 12.0. The summed E-state index contributed by atoms with van der Waals surface area (Å²) in [5.74, 6) is 0.510. The van der Waals surface area contributed by atoms with E-state index < -0.39 is 0 Å². The van der Waals surface area contributed by atoms with Crippen molar-refractivity contribution in [2.45, 2.75) is 12.8 Å². The summed E-state index contributed by atoms with van der Waals surface area (Å²) in [7, 11) is 0. The van der Waals surface area contributed by atoms with Gasteiger partial charge in [0.25, 0.3) is 0 Å². The first-order valence-electron chi connectivity index (χ1n) is 7.19. The lowest BCUT2D eigenvalue weighted by atomic mass is 10.2. The average Bonchev–Trinajstić information content (AvgIpc) is 3.19. The van der Waals surface area contributed by atoms with Gasteiger partial charge in [0.05, 0.1) is 17.6 Å². The lowest BCUT2D eigenvalue weighted by molar-refractivity contribution is -0.111. The Kier molecular flexibility index (Phi) is 4.05. The summed E-state index contributed by atoms with van der Waals surface area (Å²) in [6.45, 7) is 2.10. The van der Waals surface area contributed by atoms with Gasteiger partial charge in [0, 0.05) is 19.2 Å². The maximum Gasteiger partial charge on any atom is 0.248 e. The Morgan fingerprint density at radius 3 is 2.71 bits per heavy atom. The molecule has 2 heterocycles. The molecule has 108 valence electrons. The van der Waals surface area contributed by atoms with E-state index in [0.29, 0.717) is 5.76 Å². The molecule has 21 heavy (non-hydrogen) atoms. The number of nitrogens with one attached hydrogen (secondary N) is 1. The van der Waals surface area contributed by atoms with E-state index in [1.165, 1.54) is 18.9 Å². The van der Waals surface area contributed by atoms with Crippen LogP contribution in [0.1, 0.15) is 18.6 Å². The highest BCUT2D eigenvalue weighted by Gasteiger charge is 2.15. The van der Waals surface area contributed by atoms with Gasteiger partial charge < -0.3 is 14.6 Å². The van der Waals surface area contributed by atoms with Crippen LogP contribution in [-0.4, -0.2) is 19.0 Å². The molecule has 4 heteroatoms. The van der Waals surface area contributed by atoms with E-state index in [4.69, 9.17) is 4.42 Å². The van der Waals surface area contributed by atoms with Gasteiger partial charge in [-0.15, -0.1) is 0 Å². The smallest absolute Gasteiger partial charge is 0.248 e. The Morgan fingerprint density at radius 1 is 1.14 bits per heavy atom. The Bertz CT molecular complexity index is 626. The van der Waals surface area contributed by atoms with Crippen LogP contribution in [0.3, 0.4) is 0 Å². The molecule has 0 saturated carbocycles. The third-order valence-electron chi connectivity index (χ3n) is 3.55. The van der Waals surface area contributed by atoms with Gasteiger partial charge in [0.15, 0.2) is 0 Å². The number of benzene rings is 1. The van der Waals surface area contributed by atoms with Crippen LogP contribution in [0.15, 0.2) is 53.2 Å². The monoisotopic (exact) mass is 282 g/mol. The van der Waals surface area contributed by atoms with Crippen LogP contribution in [0.2, 0.25) is 0 Å². The summed E-state index contributed by atoms with van der Waals surface area (Å²) in [5, 5.41) is 2.94. The second kappa shape index (κ2) is 6.31. The normalized spacial score (nSPS) is 14.8. The summed E-state index contributed by atoms with van der Waals surface area (Å²) in [4.78, 5) is 14.3. The molecule has 1 aromatic heterocycles. The van der Waals surface area contributed by atoms with Crippen LogP contribution in [0.4, 0.5) is 11.4 Å². The lowest BCUT2D eigenvalue weighted by Crippen LogP contribution is -2.20. The maximum atomic E-state index is 12.0. The number of rotatable bonds is 4. The van der Waals surface area contributed by atoms with Gasteiger partial charge in [-0.25, -0.2) is 0 Å². The Morgan fingerprint density at radius 2 is 1.95 bits per heavy atom. The molecular weight excluding hydrogens is 264 g/mol. The minimum atomic E-state index is -0.155. The first-order chi connectivity index (χ1) is 10.3. The van der Waals surface area contributed by atoms with Gasteiger partial charge in [-0.1, -0.05) is 12.1 Å². The highest BCUT2D eigenvalue weighted by atomic mass is 16.3. The number of nitrogens with zero attached hydrogens (tertiary/aromatic N) is 1. The number of furan rings is 1. The van der Waals surface area contributed by atoms with Crippen molar-refractivity contribution in [2.24, 2.45) is 0 Å². The van der Waals surface area contributed by atoms with Gasteiger partial charge in [0.2, 0.25) is 5.91 Å². The number of anilines is 2. The summed E-state index contributed by atoms with van der Waals surface area (Å²) in [5.41, 5.74) is 1.95. The molecule has 0 bridgehead atoms. The van der Waals surface area contributed by atoms with Crippen LogP contribution in [0, 0.1) is 0 Å². The second-order valence-corrected chi connectivity index (χ2v) is 5.05. The molecule has 0 spiro atoms. The number of carbonyl (C=O) groups is 1. The SMILES string of the molecule is O=C(/C=C/c1ccco1)Nc1ccccc1N1CCCC1. The highest BCUT2D eigenvalue weighted by molar-refractivity contribution is 6.03. The molecule has 1 aliphatic heterocycles. The van der Waals surface area contributed by atoms with Gasteiger partial charge in [-0.2, -0.15) is 0 Å². The fourth-order valence-corrected chi connectivity index (χ4v) is 2.53. The van der Waals surface area contributed by atoms with Crippen LogP contribution >= 0.6 is 0 Å². The van der Waals surface area contributed by atoms with Gasteiger partial charge >= 0.3 is 0 Å². The highest BCUT2D eigenvalue weighted by Crippen LogP contribution is 2.28. The second-order valence-electron chi connectivity index (χ2n) is 5.05. The Hall–Kier alpha value is -2.49. The predicted octanol–water partition coefficient (Wildman–Crippen LogP) is 3.53. The van der Waals surface area contributed by atoms with Crippen molar-refractivity contribution in [3.63, 3.8) is 0 Å². The number of amides is 1. The zero-order valence-electron chi connectivity index (χ0n) is 11.8. The number of hydrogen-bond acceptors (Lipinski definition) is 3. The fraction of sp³-hybridized carbons (Fsp3) is 0.235. The average molecular weight is 282 g/mol. The van der Waals surface area contributed by atoms with Crippen molar-refractivity contribution < 1.29 is 9.21 Å². The molecule has 4 nitrogen and oxygen atoms in total. The zero-order valence-corrected chi connectivity index (χ0v) is 11.8. The molecule has 0 atom stereocenters. The number of carbonyl (C=O) groups excluding carboxylic acids is 1. The topological polar surface area (TPSA) is 45.5 Å². The van der Waals surface area contributed by atoms with Crippen molar-refractivity contribution in [3.05, 3.63) is 54.5 Å². The van der Waals surface area contributed by atoms with Crippen LogP contribution in [0.25, 0.3) is 6.08 Å². The number of hydrogen-bond donors (Lipinski definition) is 1. The molecule has 0 unspecified atom stereocenters. The van der Waals surface area contributed by atoms with Crippen LogP contribution in [-0.2, 0) is 4.79 Å². The van der Waals surface area contributed by atoms with Crippen molar-refractivity contribution in [1.82, 2.24) is 0 Å². The van der Waals surface area contributed by atoms with Crippen LogP contribution < -0.4 is 10.2 Å². The van der Waals surface area contributed by atoms with Crippen molar-refractivity contribution in [1.29, 1.82) is 0 Å². The van der Waals surface area contributed by atoms with Crippen LogP contribution in [0.5, 0.6) is 0 Å². The Balaban J connectivity index is 1.71. The molecular formula is C17H18N2O2. The first kappa shape index (κ1) is 13.5. The quantitative estimate of drug-likeness (QED) is 0.872. The van der Waals surface area contributed by atoms with E-state index in [0.717, 1.165) is 24.5 Å². The molecule has 1 fully saturated rings. The molecule has 1 aromatic carbocycles. The lowest BCUT2D eigenvalue weighted by Gasteiger charge is -2.21. The summed E-state index contributed by atoms with van der Waals surface area (Å²) in [6.07, 6.45) is 7.15. The van der Waals surface area contributed by atoms with Crippen molar-refractivity contribution in [3.8, 4) is 0 Å². The summed E-state index contributed by atoms with van der Waals surface area (Å²) >= 11 is 0. The van der Waals surface area contributed by atoms with Gasteiger partial charge in [0.1, 0.15) is 5.76 Å². The molecule has 3 rings (SSSR count). The minimum absolute atomic E-state index is 0.155. The molecule has 2 aromatic rings. The molecule has 1 saturated heterocycles. The molecule has 1 aliphatic rings. The predicted molar refractivity (Wildman–Crippen MR) is 84.3 cm³/mol. The standard InChI is InChI=1S/C17H18N2O2/c20-17(10-9-14-6-5-13-21-14)18-15-7-1-2-8-16(15)19-11-3-4-12-19/h1-2,5-10,13H,3-4,11-12H2,(H,18,20)/b10-9+. The van der Waals surface area contributed by atoms with E-state index in [2.05, 4.69) is 16.3 Å². The van der Waals surface area contributed by atoms with E-state index in [-0.39, 0.29) is 5.91 Å². The van der Waals surface area contributed by atoms with Gasteiger partial charge in [-0.05, 0) is 43.2 Å². The fourth-order valence-electron chi connectivity index (χ4n) is 2.53. The van der Waals surface area contributed by atoms with Gasteiger partial charge in [-0.3, -0.25) is 4.79 Å². The summed E-state index contributed by atoms with van der Waals surface area (Å²) < 4.78 is 5.16. The Labute approximate surface area is 124 Å². The zero-order chi connectivity index (χ0) is 14.5. The van der Waals surface area contributed by atoms with Crippen molar-refractivity contribution >= 4 is 23.4 Å². The van der Waals surface area contributed by atoms with Crippen molar-refractivity contribution in [2.75, 3.05) is 23.3 Å². The number of para-hydroxylation sites is 2. The molecule has 1 N–H and O–H groups in total. The summed E-state index contributed by atoms with van der Waals surface area (Å²) in [6, 6.07) is 11.5. The first-order valence-corrected chi connectivity index (χ1v) is 7.19. The largest absolute Gasteiger partial charge is 0.465 e.